The number of hydrogen-bond donors (Lipinski definition) is 4. The molecule has 35 heavy (non-hydrogen) atoms. The molecule has 1 aromatic heterocycles. The number of halogens is 3. The van der Waals surface area contributed by atoms with Crippen molar-refractivity contribution in [1.82, 2.24) is 20.6 Å². The van der Waals surface area contributed by atoms with E-state index < -0.39 is 11.7 Å². The van der Waals surface area contributed by atoms with Gasteiger partial charge in [-0.1, -0.05) is 32.8 Å². The van der Waals surface area contributed by atoms with Crippen molar-refractivity contribution < 1.29 is 22.7 Å². The van der Waals surface area contributed by atoms with Gasteiger partial charge in [0, 0.05) is 30.7 Å². The summed E-state index contributed by atoms with van der Waals surface area (Å²) in [6.45, 7) is 4.20. The van der Waals surface area contributed by atoms with E-state index in [1.807, 2.05) is 19.2 Å². The smallest absolute Gasteiger partial charge is 0.421 e. The molecular formula is C24H33F3N6O2. The summed E-state index contributed by atoms with van der Waals surface area (Å²) < 4.78 is 46.7. The minimum Gasteiger partial charge on any atom is -0.495 e. The van der Waals surface area contributed by atoms with Crippen molar-refractivity contribution in [2.75, 3.05) is 24.8 Å². The number of alkyl halides is 3. The second-order valence-electron chi connectivity index (χ2n) is 8.95. The van der Waals surface area contributed by atoms with Gasteiger partial charge in [-0.15, -0.1) is 0 Å². The highest BCUT2D eigenvalue weighted by atomic mass is 19.4. The van der Waals surface area contributed by atoms with Crippen LogP contribution in [0.4, 0.5) is 30.6 Å². The number of carbonyl (C=O) groups excluding carboxylic acids is 1. The number of hydrogen-bond acceptors (Lipinski definition) is 7. The Morgan fingerprint density at radius 2 is 1.91 bits per heavy atom. The van der Waals surface area contributed by atoms with E-state index in [9.17, 15) is 18.0 Å². The molecule has 0 unspecified atom stereocenters. The van der Waals surface area contributed by atoms with Crippen LogP contribution in [-0.2, 0) is 17.5 Å². The van der Waals surface area contributed by atoms with Gasteiger partial charge in [-0.05, 0) is 37.6 Å². The maximum absolute atomic E-state index is 13.8. The van der Waals surface area contributed by atoms with Crippen LogP contribution >= 0.6 is 0 Å². The third kappa shape index (κ3) is 6.97. The highest BCUT2D eigenvalue weighted by Gasteiger charge is 2.37. The van der Waals surface area contributed by atoms with Crippen molar-refractivity contribution in [3.05, 3.63) is 35.5 Å². The van der Waals surface area contributed by atoms with E-state index in [-0.39, 0.29) is 35.7 Å². The topological polar surface area (TPSA) is 100 Å². The fraction of sp³-hybridized carbons (Fsp3) is 0.542. The summed E-state index contributed by atoms with van der Waals surface area (Å²) >= 11 is 0. The van der Waals surface area contributed by atoms with Gasteiger partial charge >= 0.3 is 6.18 Å². The van der Waals surface area contributed by atoms with Gasteiger partial charge < -0.3 is 26.0 Å². The number of aromatic nitrogens is 2. The second-order valence-corrected chi connectivity index (χ2v) is 8.95. The molecule has 0 spiro atoms. The number of rotatable bonds is 9. The molecule has 0 radical (unpaired) electrons. The van der Waals surface area contributed by atoms with Gasteiger partial charge in [-0.2, -0.15) is 18.2 Å². The Bertz CT molecular complexity index is 1020. The minimum absolute atomic E-state index is 0.00116. The second kappa shape index (κ2) is 11.6. The first-order valence-electron chi connectivity index (χ1n) is 11.7. The van der Waals surface area contributed by atoms with Gasteiger partial charge in [-0.25, -0.2) is 4.98 Å². The van der Waals surface area contributed by atoms with E-state index >= 15 is 0 Å². The van der Waals surface area contributed by atoms with E-state index in [1.165, 1.54) is 7.11 Å². The maximum Gasteiger partial charge on any atom is 0.421 e. The van der Waals surface area contributed by atoms with Crippen LogP contribution in [0.5, 0.6) is 5.75 Å². The highest BCUT2D eigenvalue weighted by molar-refractivity contribution is 5.78. The van der Waals surface area contributed by atoms with Crippen LogP contribution in [0, 0.1) is 5.92 Å². The number of nitrogens with zero attached hydrogens (tertiary/aromatic N) is 2. The van der Waals surface area contributed by atoms with Crippen molar-refractivity contribution in [3.8, 4) is 5.75 Å². The summed E-state index contributed by atoms with van der Waals surface area (Å²) in [4.78, 5) is 20.3. The summed E-state index contributed by atoms with van der Waals surface area (Å²) in [7, 11) is 3.34. The third-order valence-corrected chi connectivity index (χ3v) is 5.93. The first-order chi connectivity index (χ1) is 16.6. The van der Waals surface area contributed by atoms with Gasteiger partial charge in [0.1, 0.15) is 17.1 Å². The van der Waals surface area contributed by atoms with Crippen LogP contribution in [-0.4, -0.2) is 42.1 Å². The van der Waals surface area contributed by atoms with Crippen molar-refractivity contribution in [3.63, 3.8) is 0 Å². The quantitative estimate of drug-likeness (QED) is 0.408. The number of benzene rings is 1. The monoisotopic (exact) mass is 494 g/mol. The fourth-order valence-corrected chi connectivity index (χ4v) is 4.03. The number of nitrogens with one attached hydrogen (secondary N) is 4. The average Bonchev–Trinajstić information content (AvgIpc) is 2.80. The van der Waals surface area contributed by atoms with E-state index in [0.717, 1.165) is 24.6 Å². The lowest BCUT2D eigenvalue weighted by molar-refractivity contribution is -0.137. The Labute approximate surface area is 203 Å². The van der Waals surface area contributed by atoms with E-state index in [4.69, 9.17) is 4.74 Å². The Morgan fingerprint density at radius 1 is 1.20 bits per heavy atom. The summed E-state index contributed by atoms with van der Waals surface area (Å²) in [5, 5.41) is 11.9. The van der Waals surface area contributed by atoms with Crippen molar-refractivity contribution >= 4 is 23.4 Å². The van der Waals surface area contributed by atoms with Crippen LogP contribution in [0.25, 0.3) is 0 Å². The van der Waals surface area contributed by atoms with E-state index in [2.05, 4.69) is 31.2 Å². The normalized spacial score (nSPS) is 18.3. The van der Waals surface area contributed by atoms with Crippen LogP contribution in [0.3, 0.4) is 0 Å². The third-order valence-electron chi connectivity index (χ3n) is 5.93. The highest BCUT2D eigenvalue weighted by Crippen LogP contribution is 2.36. The largest absolute Gasteiger partial charge is 0.495 e. The summed E-state index contributed by atoms with van der Waals surface area (Å²) in [6.07, 6.45) is -0.826. The van der Waals surface area contributed by atoms with Crippen LogP contribution < -0.4 is 26.0 Å². The molecule has 192 valence electrons. The molecule has 1 heterocycles. The number of methoxy groups -OCH3 is 1. The SMILES string of the molecule is CNCc1ccc(Nc2ncc(C(F)(F)F)c(N[C@@H]3CCCC[C@H]3NC(=O)C(C)C)n2)c(OC)c1. The zero-order valence-corrected chi connectivity index (χ0v) is 20.4. The molecule has 2 aromatic rings. The molecule has 0 aliphatic heterocycles. The molecule has 1 fully saturated rings. The summed E-state index contributed by atoms with van der Waals surface area (Å²) in [5.41, 5.74) is 0.550. The molecule has 4 N–H and O–H groups in total. The number of carbonyl (C=O) groups is 1. The lowest BCUT2D eigenvalue weighted by Crippen LogP contribution is -2.49. The molecule has 2 atom stereocenters. The van der Waals surface area contributed by atoms with Gasteiger partial charge in [0.25, 0.3) is 0 Å². The molecule has 1 saturated carbocycles. The Kier molecular flexibility index (Phi) is 8.76. The molecule has 0 saturated heterocycles. The Balaban J connectivity index is 1.88. The first-order valence-corrected chi connectivity index (χ1v) is 11.7. The van der Waals surface area contributed by atoms with Crippen molar-refractivity contribution in [2.24, 2.45) is 5.92 Å². The molecule has 0 bridgehead atoms. The lowest BCUT2D eigenvalue weighted by atomic mass is 9.89. The summed E-state index contributed by atoms with van der Waals surface area (Å²) in [6, 6.07) is 4.79. The molecule has 1 aliphatic carbocycles. The van der Waals surface area contributed by atoms with Gasteiger partial charge in [-0.3, -0.25) is 4.79 Å². The average molecular weight is 495 g/mol. The Hall–Kier alpha value is -3.08. The van der Waals surface area contributed by atoms with Gasteiger partial charge in [0.2, 0.25) is 11.9 Å². The molecule has 1 aliphatic rings. The van der Waals surface area contributed by atoms with Crippen LogP contribution in [0.15, 0.2) is 24.4 Å². The molecule has 8 nitrogen and oxygen atoms in total. The molecular weight excluding hydrogens is 461 g/mol. The van der Waals surface area contributed by atoms with E-state index in [0.29, 0.717) is 30.8 Å². The van der Waals surface area contributed by atoms with Crippen molar-refractivity contribution in [1.29, 1.82) is 0 Å². The van der Waals surface area contributed by atoms with Gasteiger partial charge in [0.05, 0.1) is 12.8 Å². The van der Waals surface area contributed by atoms with Gasteiger partial charge in [0.15, 0.2) is 0 Å². The van der Waals surface area contributed by atoms with Crippen LogP contribution in [0.2, 0.25) is 0 Å². The lowest BCUT2D eigenvalue weighted by Gasteiger charge is -2.34. The van der Waals surface area contributed by atoms with Crippen molar-refractivity contribution in [2.45, 2.75) is 64.3 Å². The number of amides is 1. The maximum atomic E-state index is 13.8. The molecule has 3 rings (SSSR count). The predicted molar refractivity (Wildman–Crippen MR) is 129 cm³/mol. The summed E-state index contributed by atoms with van der Waals surface area (Å²) in [5.74, 6) is -0.152. The zero-order chi connectivity index (χ0) is 25.6. The first kappa shape index (κ1) is 26.5. The zero-order valence-electron chi connectivity index (χ0n) is 20.4. The predicted octanol–water partition coefficient (Wildman–Crippen LogP) is 4.46. The standard InChI is InChI=1S/C24H33F3N6O2/c1-14(2)22(34)31-18-8-6-5-7-17(18)30-21-16(24(25,26)27)13-29-23(33-21)32-19-10-9-15(12-28-3)11-20(19)35-4/h9-11,13-14,17-18,28H,5-8,12H2,1-4H3,(H,31,34)(H2,29,30,32,33)/t17-,18-/m1/s1. The van der Waals surface area contributed by atoms with Crippen LogP contribution in [0.1, 0.15) is 50.7 Å². The fourth-order valence-electron chi connectivity index (χ4n) is 4.03. The molecule has 11 heteroatoms. The molecule has 1 aromatic carbocycles. The minimum atomic E-state index is -4.64. The van der Waals surface area contributed by atoms with E-state index in [1.54, 1.807) is 19.9 Å². The number of anilines is 3. The molecule has 1 amide bonds. The Morgan fingerprint density at radius 3 is 2.54 bits per heavy atom. The number of ether oxygens (including phenoxy) is 1.